The first-order valence-corrected chi connectivity index (χ1v) is 7.75. The number of hydrogen-bond donors (Lipinski definition) is 1. The van der Waals surface area contributed by atoms with Crippen LogP contribution in [0.1, 0.15) is 40.7 Å². The molecule has 124 valence electrons. The molecular formula is C16H16ClN5O2. The average molecular weight is 346 g/mol. The van der Waals surface area contributed by atoms with E-state index in [9.17, 15) is 4.79 Å². The number of carbonyl (C=O) groups excluding carboxylic acids is 1. The zero-order chi connectivity index (χ0) is 17.3. The number of halogens is 1. The summed E-state index contributed by atoms with van der Waals surface area (Å²) in [6, 6.07) is 6.95. The molecular weight excluding hydrogens is 330 g/mol. The molecule has 1 aromatic carbocycles. The monoisotopic (exact) mass is 345 g/mol. The molecule has 0 radical (unpaired) electrons. The fourth-order valence-electron chi connectivity index (χ4n) is 2.33. The van der Waals surface area contributed by atoms with E-state index in [-0.39, 0.29) is 11.9 Å². The molecule has 2 aromatic heterocycles. The lowest BCUT2D eigenvalue weighted by molar-refractivity contribution is 0.0937. The summed E-state index contributed by atoms with van der Waals surface area (Å²) in [6.45, 7) is 5.30. The maximum Gasteiger partial charge on any atom is 0.255 e. The van der Waals surface area contributed by atoms with Crippen LogP contribution in [0.2, 0.25) is 5.02 Å². The molecule has 7 nitrogen and oxygen atoms in total. The molecule has 0 aliphatic heterocycles. The van der Waals surface area contributed by atoms with Crippen LogP contribution in [0.4, 0.5) is 0 Å². The molecule has 0 saturated carbocycles. The second kappa shape index (κ2) is 6.45. The minimum Gasteiger partial charge on any atom is -0.342 e. The molecule has 0 aliphatic carbocycles. The molecule has 24 heavy (non-hydrogen) atoms. The summed E-state index contributed by atoms with van der Waals surface area (Å²) >= 11 is 6.20. The van der Waals surface area contributed by atoms with Crippen molar-refractivity contribution < 1.29 is 9.32 Å². The number of nitrogens with one attached hydrogen (secondary N) is 1. The zero-order valence-electron chi connectivity index (χ0n) is 13.4. The first-order valence-electron chi connectivity index (χ1n) is 7.38. The number of aryl methyl sites for hydroxylation is 1. The van der Waals surface area contributed by atoms with E-state index in [1.807, 2.05) is 25.1 Å². The van der Waals surface area contributed by atoms with Gasteiger partial charge >= 0.3 is 0 Å². The van der Waals surface area contributed by atoms with Crippen molar-refractivity contribution in [3.8, 4) is 5.69 Å². The SMILES string of the molecule is Cc1nc([C@H](C)NC(=O)c2cnn(-c3ccccc3Cl)c2C)no1. The minimum atomic E-state index is -0.377. The summed E-state index contributed by atoms with van der Waals surface area (Å²) in [5.41, 5.74) is 1.87. The fourth-order valence-corrected chi connectivity index (χ4v) is 2.54. The standard InChI is InChI=1S/C16H16ClN5O2/c1-9(15-20-11(3)24-21-15)19-16(23)12-8-18-22(10(12)2)14-7-5-4-6-13(14)17/h4-9H,1-3H3,(H,19,23)/t9-/m0/s1. The smallest absolute Gasteiger partial charge is 0.255 e. The van der Waals surface area contributed by atoms with Crippen molar-refractivity contribution in [3.05, 3.63) is 58.5 Å². The van der Waals surface area contributed by atoms with E-state index < -0.39 is 0 Å². The van der Waals surface area contributed by atoms with Crippen LogP contribution >= 0.6 is 11.6 Å². The summed E-state index contributed by atoms with van der Waals surface area (Å²) in [7, 11) is 0. The largest absolute Gasteiger partial charge is 0.342 e. The Morgan fingerprint density at radius 1 is 1.33 bits per heavy atom. The highest BCUT2D eigenvalue weighted by atomic mass is 35.5. The first-order chi connectivity index (χ1) is 11.5. The Balaban J connectivity index is 1.83. The number of carbonyl (C=O) groups is 1. The molecule has 0 saturated heterocycles. The minimum absolute atomic E-state index is 0.263. The van der Waals surface area contributed by atoms with Gasteiger partial charge in [0.2, 0.25) is 5.89 Å². The highest BCUT2D eigenvalue weighted by molar-refractivity contribution is 6.32. The third kappa shape index (κ3) is 3.03. The van der Waals surface area contributed by atoms with Gasteiger partial charge in [-0.25, -0.2) is 4.68 Å². The Hall–Kier alpha value is -2.67. The van der Waals surface area contributed by atoms with Gasteiger partial charge in [-0.2, -0.15) is 10.1 Å². The molecule has 0 bridgehead atoms. The number of nitrogens with zero attached hydrogens (tertiary/aromatic N) is 4. The normalized spacial score (nSPS) is 12.2. The molecule has 3 aromatic rings. The Labute approximate surface area is 143 Å². The lowest BCUT2D eigenvalue weighted by Gasteiger charge is -2.10. The number of para-hydroxylation sites is 1. The molecule has 3 rings (SSSR count). The summed E-state index contributed by atoms with van der Waals surface area (Å²) in [4.78, 5) is 16.6. The van der Waals surface area contributed by atoms with Crippen LogP contribution in [0.5, 0.6) is 0 Å². The molecule has 0 spiro atoms. The maximum absolute atomic E-state index is 12.5. The van der Waals surface area contributed by atoms with Gasteiger partial charge in [0.15, 0.2) is 5.82 Å². The van der Waals surface area contributed by atoms with Crippen molar-refractivity contribution in [2.45, 2.75) is 26.8 Å². The van der Waals surface area contributed by atoms with Crippen molar-refractivity contribution in [1.29, 1.82) is 0 Å². The summed E-state index contributed by atoms with van der Waals surface area (Å²) in [6.07, 6.45) is 1.52. The summed E-state index contributed by atoms with van der Waals surface area (Å²) in [5.74, 6) is 0.617. The van der Waals surface area contributed by atoms with E-state index in [1.165, 1.54) is 6.20 Å². The van der Waals surface area contributed by atoms with E-state index in [4.69, 9.17) is 16.1 Å². The second-order valence-electron chi connectivity index (χ2n) is 5.37. The van der Waals surface area contributed by atoms with E-state index in [0.717, 1.165) is 5.69 Å². The van der Waals surface area contributed by atoms with Crippen LogP contribution in [0.25, 0.3) is 5.69 Å². The molecule has 1 amide bonds. The van der Waals surface area contributed by atoms with Gasteiger partial charge in [-0.15, -0.1) is 0 Å². The third-order valence-corrected chi connectivity index (χ3v) is 3.93. The highest BCUT2D eigenvalue weighted by Gasteiger charge is 2.20. The Bertz CT molecular complexity index is 886. The maximum atomic E-state index is 12.5. The zero-order valence-corrected chi connectivity index (χ0v) is 14.2. The van der Waals surface area contributed by atoms with Crippen LogP contribution in [-0.2, 0) is 0 Å². The summed E-state index contributed by atoms with van der Waals surface area (Å²) in [5, 5.41) is 11.5. The van der Waals surface area contributed by atoms with Gasteiger partial charge in [0.05, 0.1) is 34.2 Å². The molecule has 1 N–H and O–H groups in total. The highest BCUT2D eigenvalue weighted by Crippen LogP contribution is 2.22. The number of amides is 1. The van der Waals surface area contributed by atoms with E-state index in [1.54, 1.807) is 24.6 Å². The van der Waals surface area contributed by atoms with E-state index >= 15 is 0 Å². The number of hydrogen-bond acceptors (Lipinski definition) is 5. The quantitative estimate of drug-likeness (QED) is 0.785. The van der Waals surface area contributed by atoms with Crippen molar-refractivity contribution in [2.75, 3.05) is 0 Å². The van der Waals surface area contributed by atoms with Gasteiger partial charge in [0, 0.05) is 6.92 Å². The number of aromatic nitrogens is 4. The van der Waals surface area contributed by atoms with E-state index in [0.29, 0.717) is 28.0 Å². The molecule has 1 atom stereocenters. The van der Waals surface area contributed by atoms with Gasteiger partial charge in [-0.3, -0.25) is 4.79 Å². The van der Waals surface area contributed by atoms with Crippen LogP contribution in [0, 0.1) is 13.8 Å². The molecule has 8 heteroatoms. The predicted octanol–water partition coefficient (Wildman–Crippen LogP) is 3.02. The molecule has 0 aliphatic rings. The Morgan fingerprint density at radius 3 is 2.75 bits per heavy atom. The lowest BCUT2D eigenvalue weighted by Crippen LogP contribution is -2.27. The summed E-state index contributed by atoms with van der Waals surface area (Å²) < 4.78 is 6.57. The molecule has 0 fully saturated rings. The second-order valence-corrected chi connectivity index (χ2v) is 5.78. The Morgan fingerprint density at radius 2 is 2.08 bits per heavy atom. The van der Waals surface area contributed by atoms with E-state index in [2.05, 4.69) is 20.6 Å². The van der Waals surface area contributed by atoms with Crippen molar-refractivity contribution >= 4 is 17.5 Å². The number of benzene rings is 1. The van der Waals surface area contributed by atoms with Crippen LogP contribution in [-0.4, -0.2) is 25.8 Å². The molecule has 2 heterocycles. The Kier molecular flexibility index (Phi) is 4.35. The average Bonchev–Trinajstić information content (AvgIpc) is 3.14. The van der Waals surface area contributed by atoms with Crippen LogP contribution in [0.15, 0.2) is 35.0 Å². The van der Waals surface area contributed by atoms with Crippen molar-refractivity contribution in [2.24, 2.45) is 0 Å². The lowest BCUT2D eigenvalue weighted by atomic mass is 10.2. The topological polar surface area (TPSA) is 85.8 Å². The third-order valence-electron chi connectivity index (χ3n) is 3.61. The van der Waals surface area contributed by atoms with Gasteiger partial charge in [0.1, 0.15) is 0 Å². The van der Waals surface area contributed by atoms with Gasteiger partial charge in [-0.1, -0.05) is 28.9 Å². The van der Waals surface area contributed by atoms with Crippen molar-refractivity contribution in [3.63, 3.8) is 0 Å². The fraction of sp³-hybridized carbons (Fsp3) is 0.250. The van der Waals surface area contributed by atoms with Gasteiger partial charge < -0.3 is 9.84 Å². The van der Waals surface area contributed by atoms with Gasteiger partial charge in [-0.05, 0) is 26.0 Å². The number of rotatable bonds is 4. The van der Waals surface area contributed by atoms with Crippen molar-refractivity contribution in [1.82, 2.24) is 25.2 Å². The van der Waals surface area contributed by atoms with Crippen LogP contribution in [0.3, 0.4) is 0 Å². The molecule has 0 unspecified atom stereocenters. The first kappa shape index (κ1) is 16.2. The van der Waals surface area contributed by atoms with Gasteiger partial charge in [0.25, 0.3) is 5.91 Å². The predicted molar refractivity (Wildman–Crippen MR) is 88.2 cm³/mol. The van der Waals surface area contributed by atoms with Crippen LogP contribution < -0.4 is 5.32 Å².